The van der Waals surface area contributed by atoms with Gasteiger partial charge in [-0.15, -0.1) is 0 Å². The highest BCUT2D eigenvalue weighted by molar-refractivity contribution is 9.10. The quantitative estimate of drug-likeness (QED) is 0.860. The van der Waals surface area contributed by atoms with Crippen LogP contribution in [0.15, 0.2) is 46.9 Å². The van der Waals surface area contributed by atoms with Crippen LogP contribution in [0.2, 0.25) is 0 Å². The van der Waals surface area contributed by atoms with Crippen LogP contribution in [0.5, 0.6) is 0 Å². The van der Waals surface area contributed by atoms with Gasteiger partial charge in [0.2, 0.25) is 5.91 Å². The Kier molecular flexibility index (Phi) is 3.97. The van der Waals surface area contributed by atoms with Gasteiger partial charge in [-0.05, 0) is 54.3 Å². The Morgan fingerprint density at radius 3 is 2.81 bits per heavy atom. The molecule has 0 saturated carbocycles. The van der Waals surface area contributed by atoms with Crippen LogP contribution in [0.25, 0.3) is 0 Å². The summed E-state index contributed by atoms with van der Waals surface area (Å²) in [5, 5.41) is 6.38. The summed E-state index contributed by atoms with van der Waals surface area (Å²) in [4.78, 5) is 11.1. The van der Waals surface area contributed by atoms with Crippen LogP contribution in [-0.4, -0.2) is 5.91 Å². The Morgan fingerprint density at radius 2 is 2.00 bits per heavy atom. The summed E-state index contributed by atoms with van der Waals surface area (Å²) in [5.74, 6) is -0.0526. The third-order valence-electron chi connectivity index (χ3n) is 3.71. The zero-order valence-corrected chi connectivity index (χ0v) is 13.4. The maximum Gasteiger partial charge on any atom is 0.221 e. The van der Waals surface area contributed by atoms with Crippen LogP contribution in [-0.2, 0) is 11.2 Å². The lowest BCUT2D eigenvalue weighted by molar-refractivity contribution is -0.114. The molecule has 1 atom stereocenters. The van der Waals surface area contributed by atoms with Crippen molar-refractivity contribution in [3.63, 3.8) is 0 Å². The summed E-state index contributed by atoms with van der Waals surface area (Å²) in [6, 6.07) is 14.7. The smallest absolute Gasteiger partial charge is 0.221 e. The average Bonchev–Trinajstić information content (AvgIpc) is 2.80. The van der Waals surface area contributed by atoms with Crippen molar-refractivity contribution in [3.05, 3.63) is 58.1 Å². The van der Waals surface area contributed by atoms with E-state index < -0.39 is 0 Å². The Hall–Kier alpha value is -1.81. The number of anilines is 2. The molecule has 2 aromatic carbocycles. The predicted octanol–water partition coefficient (Wildman–Crippen LogP) is 4.51. The molecule has 21 heavy (non-hydrogen) atoms. The van der Waals surface area contributed by atoms with Crippen molar-refractivity contribution in [1.29, 1.82) is 0 Å². The molecule has 1 aliphatic rings. The van der Waals surface area contributed by atoms with Crippen LogP contribution in [0, 0.1) is 0 Å². The van der Waals surface area contributed by atoms with Crippen molar-refractivity contribution in [1.82, 2.24) is 0 Å². The fraction of sp³-hybridized carbons (Fsp3) is 0.235. The van der Waals surface area contributed by atoms with Gasteiger partial charge in [0.15, 0.2) is 0 Å². The summed E-state index contributed by atoms with van der Waals surface area (Å²) in [5.41, 5.74) is 4.62. The number of carbonyl (C=O) groups excluding carboxylic acids is 1. The van der Waals surface area contributed by atoms with Gasteiger partial charge in [-0.3, -0.25) is 4.79 Å². The van der Waals surface area contributed by atoms with Crippen molar-refractivity contribution in [3.8, 4) is 0 Å². The molecule has 2 N–H and O–H groups in total. The topological polar surface area (TPSA) is 41.1 Å². The maximum absolute atomic E-state index is 11.1. The number of benzene rings is 2. The lowest BCUT2D eigenvalue weighted by Gasteiger charge is -2.16. The van der Waals surface area contributed by atoms with E-state index in [-0.39, 0.29) is 5.91 Å². The summed E-state index contributed by atoms with van der Waals surface area (Å²) < 4.78 is 1.13. The van der Waals surface area contributed by atoms with Gasteiger partial charge in [-0.25, -0.2) is 0 Å². The Morgan fingerprint density at radius 1 is 1.19 bits per heavy atom. The van der Waals surface area contributed by atoms with E-state index in [1.54, 1.807) is 0 Å². The molecule has 0 radical (unpaired) electrons. The van der Waals surface area contributed by atoms with Crippen LogP contribution >= 0.6 is 15.9 Å². The van der Waals surface area contributed by atoms with E-state index in [1.165, 1.54) is 18.1 Å². The molecule has 1 amide bonds. The second-order valence-corrected chi connectivity index (χ2v) is 6.26. The number of amides is 1. The molecule has 3 rings (SSSR count). The second kappa shape index (κ2) is 5.90. The Bertz CT molecular complexity index is 684. The molecule has 0 aromatic heterocycles. The van der Waals surface area contributed by atoms with Crippen molar-refractivity contribution in [2.45, 2.75) is 25.8 Å². The van der Waals surface area contributed by atoms with Gasteiger partial charge in [0.05, 0.1) is 6.04 Å². The van der Waals surface area contributed by atoms with E-state index in [2.05, 4.69) is 44.8 Å². The van der Waals surface area contributed by atoms with E-state index in [0.29, 0.717) is 6.04 Å². The summed E-state index contributed by atoms with van der Waals surface area (Å²) in [6.45, 7) is 1.52. The van der Waals surface area contributed by atoms with Gasteiger partial charge in [0, 0.05) is 22.8 Å². The number of halogens is 1. The van der Waals surface area contributed by atoms with Crippen LogP contribution in [0.3, 0.4) is 0 Å². The third kappa shape index (κ3) is 3.27. The highest BCUT2D eigenvalue weighted by atomic mass is 79.9. The Balaban J connectivity index is 1.78. The molecule has 0 fully saturated rings. The van der Waals surface area contributed by atoms with Crippen molar-refractivity contribution in [2.75, 3.05) is 10.6 Å². The van der Waals surface area contributed by atoms with Crippen molar-refractivity contribution < 1.29 is 4.79 Å². The van der Waals surface area contributed by atoms with Gasteiger partial charge < -0.3 is 10.6 Å². The molecule has 4 heteroatoms. The molecule has 3 nitrogen and oxygen atoms in total. The summed E-state index contributed by atoms with van der Waals surface area (Å²) in [7, 11) is 0. The van der Waals surface area contributed by atoms with Gasteiger partial charge in [0.1, 0.15) is 0 Å². The normalized spacial score (nSPS) is 16.4. The predicted molar refractivity (Wildman–Crippen MR) is 89.6 cm³/mol. The van der Waals surface area contributed by atoms with E-state index >= 15 is 0 Å². The SMILES string of the molecule is CC(=O)Nc1cccc(NC2CCc3cc(Br)ccc32)c1. The minimum absolute atomic E-state index is 0.0526. The minimum Gasteiger partial charge on any atom is -0.378 e. The number of hydrogen-bond acceptors (Lipinski definition) is 2. The van der Waals surface area contributed by atoms with Crippen molar-refractivity contribution in [2.24, 2.45) is 0 Å². The first kappa shape index (κ1) is 14.1. The van der Waals surface area contributed by atoms with E-state index in [0.717, 1.165) is 28.7 Å². The summed E-state index contributed by atoms with van der Waals surface area (Å²) in [6.07, 6.45) is 2.19. The highest BCUT2D eigenvalue weighted by Crippen LogP contribution is 2.35. The summed E-state index contributed by atoms with van der Waals surface area (Å²) >= 11 is 3.52. The van der Waals surface area contributed by atoms with E-state index in [4.69, 9.17) is 0 Å². The average molecular weight is 345 g/mol. The molecular weight excluding hydrogens is 328 g/mol. The molecule has 0 saturated heterocycles. The fourth-order valence-electron chi connectivity index (χ4n) is 2.83. The first-order chi connectivity index (χ1) is 10.1. The van der Waals surface area contributed by atoms with Gasteiger partial charge >= 0.3 is 0 Å². The van der Waals surface area contributed by atoms with E-state index in [9.17, 15) is 4.79 Å². The maximum atomic E-state index is 11.1. The zero-order chi connectivity index (χ0) is 14.8. The largest absolute Gasteiger partial charge is 0.378 e. The molecule has 0 heterocycles. The second-order valence-electron chi connectivity index (χ2n) is 5.34. The van der Waals surface area contributed by atoms with E-state index in [1.807, 2.05) is 24.3 Å². The zero-order valence-electron chi connectivity index (χ0n) is 11.8. The first-order valence-corrected chi connectivity index (χ1v) is 7.83. The first-order valence-electron chi connectivity index (χ1n) is 7.04. The van der Waals surface area contributed by atoms with Crippen LogP contribution in [0.4, 0.5) is 11.4 Å². The molecule has 1 unspecified atom stereocenters. The number of nitrogens with one attached hydrogen (secondary N) is 2. The monoisotopic (exact) mass is 344 g/mol. The molecule has 1 aliphatic carbocycles. The van der Waals surface area contributed by atoms with Crippen molar-refractivity contribution >= 4 is 33.2 Å². The third-order valence-corrected chi connectivity index (χ3v) is 4.20. The molecular formula is C17H17BrN2O. The lowest BCUT2D eigenvalue weighted by atomic mass is 10.1. The van der Waals surface area contributed by atoms with Gasteiger partial charge in [-0.2, -0.15) is 0 Å². The van der Waals surface area contributed by atoms with Crippen LogP contribution < -0.4 is 10.6 Å². The van der Waals surface area contributed by atoms with Crippen LogP contribution in [0.1, 0.15) is 30.5 Å². The number of rotatable bonds is 3. The number of carbonyl (C=O) groups is 1. The number of aryl methyl sites for hydroxylation is 1. The molecule has 2 aromatic rings. The lowest BCUT2D eigenvalue weighted by Crippen LogP contribution is -2.09. The fourth-order valence-corrected chi connectivity index (χ4v) is 3.24. The Labute approximate surface area is 132 Å². The molecule has 0 bridgehead atoms. The van der Waals surface area contributed by atoms with Gasteiger partial charge in [-0.1, -0.05) is 28.1 Å². The molecule has 0 aliphatic heterocycles. The highest BCUT2D eigenvalue weighted by Gasteiger charge is 2.22. The molecule has 108 valence electrons. The molecule has 0 spiro atoms. The number of fused-ring (bicyclic) bond motifs is 1. The minimum atomic E-state index is -0.0526. The standard InChI is InChI=1S/C17H17BrN2O/c1-11(21)19-14-3-2-4-15(10-14)20-17-8-5-12-9-13(18)6-7-16(12)17/h2-4,6-7,9-10,17,20H,5,8H2,1H3,(H,19,21). The number of hydrogen-bond donors (Lipinski definition) is 2. The van der Waals surface area contributed by atoms with Gasteiger partial charge in [0.25, 0.3) is 0 Å².